The second kappa shape index (κ2) is 5.84. The molecule has 7 nitrogen and oxygen atoms in total. The molecule has 0 aromatic carbocycles. The average Bonchev–Trinajstić information content (AvgIpc) is 2.78. The van der Waals surface area contributed by atoms with E-state index in [1.165, 1.54) is 17.3 Å². The second-order valence-corrected chi connectivity index (χ2v) is 3.07. The minimum absolute atomic E-state index is 0.133. The zero-order valence-electron chi connectivity index (χ0n) is 9.21. The van der Waals surface area contributed by atoms with Gasteiger partial charge in [-0.2, -0.15) is 5.10 Å². The first-order chi connectivity index (χ1) is 7.65. The van der Waals surface area contributed by atoms with Gasteiger partial charge in [0, 0.05) is 0 Å². The van der Waals surface area contributed by atoms with Gasteiger partial charge in [-0.3, -0.25) is 9.59 Å². The van der Waals surface area contributed by atoms with Gasteiger partial charge < -0.3 is 10.1 Å². The zero-order valence-corrected chi connectivity index (χ0v) is 9.21. The van der Waals surface area contributed by atoms with E-state index in [4.69, 9.17) is 0 Å². The predicted octanol–water partition coefficient (Wildman–Crippen LogP) is -0.482. The first kappa shape index (κ1) is 12.2. The van der Waals surface area contributed by atoms with Crippen LogP contribution in [0.3, 0.4) is 0 Å². The highest BCUT2D eigenvalue weighted by Crippen LogP contribution is 2.00. The maximum Gasteiger partial charge on any atom is 0.325 e. The van der Waals surface area contributed by atoms with E-state index in [1.807, 2.05) is 0 Å². The Balaban J connectivity index is 2.38. The summed E-state index contributed by atoms with van der Waals surface area (Å²) < 4.78 is 6.08. The van der Waals surface area contributed by atoms with E-state index in [9.17, 15) is 9.59 Å². The molecule has 1 atom stereocenters. The molecule has 1 unspecified atom stereocenters. The lowest BCUT2D eigenvalue weighted by molar-refractivity contribution is -0.143. The molecule has 16 heavy (non-hydrogen) atoms. The lowest BCUT2D eigenvalue weighted by Crippen LogP contribution is -2.35. The van der Waals surface area contributed by atoms with E-state index < -0.39 is 12.0 Å². The maximum atomic E-state index is 11.5. The molecule has 1 N–H and O–H groups in total. The molecule has 0 aliphatic carbocycles. The van der Waals surface area contributed by atoms with Crippen molar-refractivity contribution < 1.29 is 14.3 Å². The third-order valence-electron chi connectivity index (χ3n) is 1.93. The molecule has 0 fully saturated rings. The van der Waals surface area contributed by atoms with Gasteiger partial charge in [0.25, 0.3) is 0 Å². The van der Waals surface area contributed by atoms with Crippen molar-refractivity contribution in [1.82, 2.24) is 20.1 Å². The summed E-state index contributed by atoms with van der Waals surface area (Å²) in [5.41, 5.74) is 0. The number of aromatic nitrogens is 3. The van der Waals surface area contributed by atoms with Crippen LogP contribution in [0.15, 0.2) is 12.7 Å². The van der Waals surface area contributed by atoms with Gasteiger partial charge in [0.2, 0.25) is 5.91 Å². The standard InChI is InChI=1S/C9H14N4O3/c1-3-16-8(14)4-11-9(15)7(2)13-6-10-5-12-13/h5-7H,3-4H2,1-2H3,(H,11,15). The summed E-state index contributed by atoms with van der Waals surface area (Å²) in [5.74, 6) is -0.764. The number of carbonyl (C=O) groups is 2. The van der Waals surface area contributed by atoms with Crippen molar-refractivity contribution in [3.8, 4) is 0 Å². The number of rotatable bonds is 5. The summed E-state index contributed by atoms with van der Waals surface area (Å²) in [4.78, 5) is 26.3. The van der Waals surface area contributed by atoms with E-state index in [-0.39, 0.29) is 12.5 Å². The van der Waals surface area contributed by atoms with Crippen LogP contribution in [0.5, 0.6) is 0 Å². The number of amides is 1. The van der Waals surface area contributed by atoms with E-state index in [0.717, 1.165) is 0 Å². The van der Waals surface area contributed by atoms with E-state index in [2.05, 4.69) is 20.1 Å². The Morgan fingerprint density at radius 1 is 1.56 bits per heavy atom. The molecule has 0 saturated heterocycles. The summed E-state index contributed by atoms with van der Waals surface area (Å²) in [5, 5.41) is 6.28. The van der Waals surface area contributed by atoms with Crippen molar-refractivity contribution in [2.75, 3.05) is 13.2 Å². The smallest absolute Gasteiger partial charge is 0.325 e. The molecule has 1 aromatic rings. The number of ether oxygens (including phenoxy) is 1. The molecule has 1 amide bonds. The zero-order chi connectivity index (χ0) is 12.0. The van der Waals surface area contributed by atoms with Gasteiger partial charge in [0.1, 0.15) is 25.2 Å². The van der Waals surface area contributed by atoms with Crippen molar-refractivity contribution >= 4 is 11.9 Å². The summed E-state index contributed by atoms with van der Waals surface area (Å²) >= 11 is 0. The van der Waals surface area contributed by atoms with Crippen LogP contribution in [-0.4, -0.2) is 39.8 Å². The molecule has 0 aliphatic heterocycles. The summed E-state index contributed by atoms with van der Waals surface area (Å²) in [7, 11) is 0. The summed E-state index contributed by atoms with van der Waals surface area (Å²) in [6.45, 7) is 3.53. The van der Waals surface area contributed by atoms with Gasteiger partial charge in [-0.1, -0.05) is 0 Å². The average molecular weight is 226 g/mol. The predicted molar refractivity (Wildman–Crippen MR) is 54.4 cm³/mol. The fraction of sp³-hybridized carbons (Fsp3) is 0.556. The normalized spacial score (nSPS) is 11.9. The fourth-order valence-electron chi connectivity index (χ4n) is 1.06. The number of nitrogens with zero attached hydrogens (tertiary/aromatic N) is 3. The second-order valence-electron chi connectivity index (χ2n) is 3.07. The van der Waals surface area contributed by atoms with Crippen molar-refractivity contribution in [3.05, 3.63) is 12.7 Å². The Labute approximate surface area is 92.8 Å². The van der Waals surface area contributed by atoms with Gasteiger partial charge >= 0.3 is 5.97 Å². The Kier molecular flexibility index (Phi) is 4.43. The highest BCUT2D eigenvalue weighted by Gasteiger charge is 2.16. The van der Waals surface area contributed by atoms with E-state index >= 15 is 0 Å². The largest absolute Gasteiger partial charge is 0.465 e. The minimum Gasteiger partial charge on any atom is -0.465 e. The third kappa shape index (κ3) is 3.34. The summed E-state index contributed by atoms with van der Waals surface area (Å²) in [6, 6.07) is -0.503. The maximum absolute atomic E-state index is 11.5. The van der Waals surface area contributed by atoms with Crippen LogP contribution in [0, 0.1) is 0 Å². The molecule has 0 aliphatic rings. The topological polar surface area (TPSA) is 86.1 Å². The molecule has 1 aromatic heterocycles. The molecule has 0 bridgehead atoms. The molecule has 88 valence electrons. The van der Waals surface area contributed by atoms with Crippen molar-refractivity contribution in [1.29, 1.82) is 0 Å². The van der Waals surface area contributed by atoms with Crippen LogP contribution < -0.4 is 5.32 Å². The molecule has 0 spiro atoms. The highest BCUT2D eigenvalue weighted by molar-refractivity contribution is 5.84. The Hall–Kier alpha value is -1.92. The number of esters is 1. The number of hydrogen-bond donors (Lipinski definition) is 1. The third-order valence-corrected chi connectivity index (χ3v) is 1.93. The molecule has 7 heteroatoms. The Bertz CT molecular complexity index is 350. The number of hydrogen-bond acceptors (Lipinski definition) is 5. The van der Waals surface area contributed by atoms with Gasteiger partial charge in [-0.25, -0.2) is 9.67 Å². The van der Waals surface area contributed by atoms with Crippen molar-refractivity contribution in [2.24, 2.45) is 0 Å². The van der Waals surface area contributed by atoms with Gasteiger partial charge in [0.05, 0.1) is 6.61 Å². The van der Waals surface area contributed by atoms with Crippen LogP contribution >= 0.6 is 0 Å². The van der Waals surface area contributed by atoms with Gasteiger partial charge in [-0.05, 0) is 13.8 Å². The number of carbonyl (C=O) groups excluding carboxylic acids is 2. The van der Waals surface area contributed by atoms with Gasteiger partial charge in [-0.15, -0.1) is 0 Å². The lowest BCUT2D eigenvalue weighted by atomic mass is 10.3. The molecule has 0 saturated carbocycles. The molecule has 1 heterocycles. The lowest BCUT2D eigenvalue weighted by Gasteiger charge is -2.11. The fourth-order valence-corrected chi connectivity index (χ4v) is 1.06. The molecular formula is C9H14N4O3. The monoisotopic (exact) mass is 226 g/mol. The van der Waals surface area contributed by atoms with E-state index in [1.54, 1.807) is 13.8 Å². The molecule has 0 radical (unpaired) electrons. The SMILES string of the molecule is CCOC(=O)CNC(=O)C(C)n1cncn1. The van der Waals surface area contributed by atoms with Crippen LogP contribution in [-0.2, 0) is 14.3 Å². The van der Waals surface area contributed by atoms with Crippen LogP contribution in [0.1, 0.15) is 19.9 Å². The molecule has 1 rings (SSSR count). The first-order valence-electron chi connectivity index (χ1n) is 4.92. The Morgan fingerprint density at radius 2 is 2.31 bits per heavy atom. The minimum atomic E-state index is -0.503. The Morgan fingerprint density at radius 3 is 2.88 bits per heavy atom. The quantitative estimate of drug-likeness (QED) is 0.685. The van der Waals surface area contributed by atoms with Crippen molar-refractivity contribution in [2.45, 2.75) is 19.9 Å². The highest BCUT2D eigenvalue weighted by atomic mass is 16.5. The van der Waals surface area contributed by atoms with E-state index in [0.29, 0.717) is 6.61 Å². The molecular weight excluding hydrogens is 212 g/mol. The first-order valence-corrected chi connectivity index (χ1v) is 4.92. The summed E-state index contributed by atoms with van der Waals surface area (Å²) in [6.07, 6.45) is 2.78. The van der Waals surface area contributed by atoms with Gasteiger partial charge in [0.15, 0.2) is 0 Å². The van der Waals surface area contributed by atoms with Crippen LogP contribution in [0.25, 0.3) is 0 Å². The number of nitrogens with one attached hydrogen (secondary N) is 1. The van der Waals surface area contributed by atoms with Crippen molar-refractivity contribution in [3.63, 3.8) is 0 Å². The van der Waals surface area contributed by atoms with Crippen LogP contribution in [0.4, 0.5) is 0 Å². The van der Waals surface area contributed by atoms with Crippen LogP contribution in [0.2, 0.25) is 0 Å².